The summed E-state index contributed by atoms with van der Waals surface area (Å²) in [4.78, 5) is 16.2. The maximum atomic E-state index is 12.1. The van der Waals surface area contributed by atoms with Gasteiger partial charge in [-0.25, -0.2) is 4.98 Å². The molecule has 0 unspecified atom stereocenters. The molecule has 0 atom stereocenters. The van der Waals surface area contributed by atoms with Crippen molar-refractivity contribution < 1.29 is 4.79 Å². The van der Waals surface area contributed by atoms with Crippen LogP contribution in [0.2, 0.25) is 0 Å². The summed E-state index contributed by atoms with van der Waals surface area (Å²) in [6.45, 7) is 0. The number of hydrogen-bond donors (Lipinski definition) is 1. The molecule has 4 heteroatoms. The van der Waals surface area contributed by atoms with Crippen molar-refractivity contribution in [2.24, 2.45) is 0 Å². The van der Waals surface area contributed by atoms with Crippen LogP contribution in [0.4, 0.5) is 5.69 Å². The van der Waals surface area contributed by atoms with E-state index < -0.39 is 0 Å². The molecule has 0 bridgehead atoms. The van der Waals surface area contributed by atoms with Crippen LogP contribution in [0, 0.1) is 0 Å². The quantitative estimate of drug-likeness (QED) is 0.646. The zero-order chi connectivity index (χ0) is 18.0. The Hall–Kier alpha value is -1.68. The largest absolute Gasteiger partial charge is 0.321 e. The summed E-state index contributed by atoms with van der Waals surface area (Å²) in [6, 6.07) is 8.48. The second-order valence-electron chi connectivity index (χ2n) is 7.41. The first-order valence-electron chi connectivity index (χ1n) is 10.1. The minimum atomic E-state index is -0.134. The fourth-order valence-electron chi connectivity index (χ4n) is 3.85. The van der Waals surface area contributed by atoms with Crippen LogP contribution in [0.5, 0.6) is 0 Å². The number of aromatic nitrogens is 1. The van der Waals surface area contributed by atoms with Crippen LogP contribution < -0.4 is 5.32 Å². The third kappa shape index (κ3) is 5.94. The highest BCUT2D eigenvalue weighted by Crippen LogP contribution is 2.30. The van der Waals surface area contributed by atoms with Gasteiger partial charge < -0.3 is 5.32 Å². The molecule has 1 N–H and O–H groups in total. The number of nitrogens with one attached hydrogen (secondary N) is 1. The third-order valence-electron chi connectivity index (χ3n) is 5.41. The Morgan fingerprint density at radius 3 is 2.00 bits per heavy atom. The molecule has 3 rings (SSSR count). The highest BCUT2D eigenvalue weighted by Gasteiger charge is 2.13. The van der Waals surface area contributed by atoms with Gasteiger partial charge in [-0.1, -0.05) is 69.9 Å². The molecule has 0 spiro atoms. The van der Waals surface area contributed by atoms with Gasteiger partial charge in [0.25, 0.3) is 5.91 Å². The summed E-state index contributed by atoms with van der Waals surface area (Å²) in [5.41, 5.74) is 4.44. The Balaban J connectivity index is 1.58. The standard InChI is InChI=1S/C22H30N2OS/c25-22(21-16-26-17-23-21)24-20-14-12-19(13-15-20)18-10-8-6-4-2-1-3-5-7-9-11-18/h12-18H,1-11H2,(H,24,25). The Morgan fingerprint density at radius 1 is 0.885 bits per heavy atom. The molecule has 1 aromatic carbocycles. The molecule has 0 radical (unpaired) electrons. The molecular weight excluding hydrogens is 340 g/mol. The van der Waals surface area contributed by atoms with Gasteiger partial charge in [-0.2, -0.15) is 0 Å². The smallest absolute Gasteiger partial charge is 0.275 e. The van der Waals surface area contributed by atoms with E-state index >= 15 is 0 Å². The van der Waals surface area contributed by atoms with Gasteiger partial charge in [-0.05, 0) is 36.5 Å². The maximum Gasteiger partial charge on any atom is 0.275 e. The van der Waals surface area contributed by atoms with E-state index in [9.17, 15) is 4.79 Å². The average Bonchev–Trinajstić information content (AvgIpc) is 3.18. The number of rotatable bonds is 3. The second kappa shape index (κ2) is 10.5. The summed E-state index contributed by atoms with van der Waals surface area (Å²) >= 11 is 1.44. The van der Waals surface area contributed by atoms with Crippen molar-refractivity contribution in [1.82, 2.24) is 4.98 Å². The number of nitrogens with zero attached hydrogens (tertiary/aromatic N) is 1. The molecule has 26 heavy (non-hydrogen) atoms. The van der Waals surface area contributed by atoms with E-state index in [-0.39, 0.29) is 5.91 Å². The summed E-state index contributed by atoms with van der Waals surface area (Å²) in [7, 11) is 0. The molecule has 0 saturated heterocycles. The molecule has 1 amide bonds. The van der Waals surface area contributed by atoms with Crippen LogP contribution >= 0.6 is 11.3 Å². The van der Waals surface area contributed by atoms with Gasteiger partial charge in [0.2, 0.25) is 0 Å². The van der Waals surface area contributed by atoms with Crippen LogP contribution in [-0.2, 0) is 0 Å². The lowest BCUT2D eigenvalue weighted by atomic mass is 9.87. The van der Waals surface area contributed by atoms with E-state index in [0.29, 0.717) is 11.6 Å². The molecule has 1 heterocycles. The first kappa shape index (κ1) is 19.1. The first-order valence-corrected chi connectivity index (χ1v) is 11.1. The molecule has 3 nitrogen and oxygen atoms in total. The average molecular weight is 371 g/mol. The molecule has 140 valence electrons. The summed E-state index contributed by atoms with van der Waals surface area (Å²) in [5.74, 6) is 0.530. The lowest BCUT2D eigenvalue weighted by Crippen LogP contribution is -2.12. The molecule has 1 saturated carbocycles. The molecule has 1 aliphatic carbocycles. The Labute approximate surface area is 161 Å². The van der Waals surface area contributed by atoms with E-state index in [4.69, 9.17) is 0 Å². The molecule has 1 fully saturated rings. The zero-order valence-corrected chi connectivity index (χ0v) is 16.4. The summed E-state index contributed by atoms with van der Waals surface area (Å²) in [6.07, 6.45) is 15.1. The van der Waals surface area contributed by atoms with E-state index in [2.05, 4.69) is 22.4 Å². The van der Waals surface area contributed by atoms with E-state index in [1.54, 1.807) is 10.9 Å². The molecule has 1 aliphatic rings. The van der Waals surface area contributed by atoms with Crippen LogP contribution in [0.15, 0.2) is 35.2 Å². The monoisotopic (exact) mass is 370 g/mol. The van der Waals surface area contributed by atoms with Gasteiger partial charge in [-0.15, -0.1) is 11.3 Å². The fraction of sp³-hybridized carbons (Fsp3) is 0.545. The van der Waals surface area contributed by atoms with Crippen molar-refractivity contribution in [3.63, 3.8) is 0 Å². The molecule has 0 aliphatic heterocycles. The van der Waals surface area contributed by atoms with Crippen LogP contribution in [0.3, 0.4) is 0 Å². The van der Waals surface area contributed by atoms with Gasteiger partial charge >= 0.3 is 0 Å². The normalized spacial score (nSPS) is 17.8. The minimum absolute atomic E-state index is 0.134. The topological polar surface area (TPSA) is 42.0 Å². The lowest BCUT2D eigenvalue weighted by molar-refractivity contribution is 0.102. The van der Waals surface area contributed by atoms with Crippen molar-refractivity contribution in [3.05, 3.63) is 46.4 Å². The summed E-state index contributed by atoms with van der Waals surface area (Å²) in [5, 5.41) is 4.71. The van der Waals surface area contributed by atoms with Gasteiger partial charge in [0, 0.05) is 11.1 Å². The van der Waals surface area contributed by atoms with Gasteiger partial charge in [0.1, 0.15) is 5.69 Å². The Morgan fingerprint density at radius 2 is 1.46 bits per heavy atom. The van der Waals surface area contributed by atoms with Gasteiger partial charge in [0.15, 0.2) is 0 Å². The maximum absolute atomic E-state index is 12.1. The number of anilines is 1. The van der Waals surface area contributed by atoms with Gasteiger partial charge in [0.05, 0.1) is 5.51 Å². The minimum Gasteiger partial charge on any atom is -0.321 e. The highest BCUT2D eigenvalue weighted by molar-refractivity contribution is 7.07. The number of carbonyl (C=O) groups excluding carboxylic acids is 1. The second-order valence-corrected chi connectivity index (χ2v) is 8.12. The van der Waals surface area contributed by atoms with E-state index in [1.807, 2.05) is 12.1 Å². The third-order valence-corrected chi connectivity index (χ3v) is 6.00. The van der Waals surface area contributed by atoms with Crippen molar-refractivity contribution >= 4 is 22.9 Å². The van der Waals surface area contributed by atoms with Crippen molar-refractivity contribution in [2.75, 3.05) is 5.32 Å². The van der Waals surface area contributed by atoms with E-state index in [1.165, 1.54) is 87.5 Å². The van der Waals surface area contributed by atoms with Crippen molar-refractivity contribution in [3.8, 4) is 0 Å². The lowest BCUT2D eigenvalue weighted by Gasteiger charge is -2.19. The number of benzene rings is 1. The first-order chi connectivity index (χ1) is 12.8. The number of hydrogen-bond acceptors (Lipinski definition) is 3. The molecular formula is C22H30N2OS. The van der Waals surface area contributed by atoms with Crippen LogP contribution in [-0.4, -0.2) is 10.9 Å². The number of amides is 1. The SMILES string of the molecule is O=C(Nc1ccc(C2CCCCCCCCCCC2)cc1)c1cscn1. The van der Waals surface area contributed by atoms with Crippen LogP contribution in [0.25, 0.3) is 0 Å². The molecule has 1 aromatic heterocycles. The zero-order valence-electron chi connectivity index (χ0n) is 15.6. The predicted octanol–water partition coefficient (Wildman–Crippen LogP) is 6.78. The van der Waals surface area contributed by atoms with Crippen LogP contribution in [0.1, 0.15) is 92.6 Å². The number of thiazole rings is 1. The van der Waals surface area contributed by atoms with Gasteiger partial charge in [-0.3, -0.25) is 4.79 Å². The fourth-order valence-corrected chi connectivity index (χ4v) is 4.39. The van der Waals surface area contributed by atoms with Crippen molar-refractivity contribution in [2.45, 2.75) is 76.5 Å². The highest BCUT2D eigenvalue weighted by atomic mass is 32.1. The Bertz CT molecular complexity index is 639. The predicted molar refractivity (Wildman–Crippen MR) is 110 cm³/mol. The number of carbonyl (C=O) groups is 1. The Kier molecular flexibility index (Phi) is 7.68. The van der Waals surface area contributed by atoms with Crippen molar-refractivity contribution in [1.29, 1.82) is 0 Å². The summed E-state index contributed by atoms with van der Waals surface area (Å²) < 4.78 is 0. The van der Waals surface area contributed by atoms with E-state index in [0.717, 1.165) is 5.69 Å². The molecule has 2 aromatic rings.